The second-order valence-electron chi connectivity index (χ2n) is 8.55. The summed E-state index contributed by atoms with van der Waals surface area (Å²) in [5, 5.41) is 0.219. The summed E-state index contributed by atoms with van der Waals surface area (Å²) >= 11 is 4.43. The molecule has 0 saturated heterocycles. The highest BCUT2D eigenvalue weighted by Gasteiger charge is 2.48. The number of rotatable bonds is 7. The Kier molecular flexibility index (Phi) is 6.51. The summed E-state index contributed by atoms with van der Waals surface area (Å²) in [6, 6.07) is 7.26. The second-order valence-corrected chi connectivity index (χ2v) is 10.5. The Morgan fingerprint density at radius 1 is 1.19 bits per heavy atom. The number of fused-ring (bicyclic) bond motifs is 1. The third-order valence-electron chi connectivity index (χ3n) is 5.43. The van der Waals surface area contributed by atoms with Crippen LogP contribution in [0.2, 0.25) is 5.02 Å². The van der Waals surface area contributed by atoms with Crippen molar-refractivity contribution >= 4 is 33.9 Å². The number of nitrogens with zero attached hydrogens (tertiary/aromatic N) is 1. The van der Waals surface area contributed by atoms with Gasteiger partial charge in [-0.15, -0.1) is 4.72 Å². The van der Waals surface area contributed by atoms with Crippen molar-refractivity contribution in [3.05, 3.63) is 59.0 Å². The lowest BCUT2D eigenvalue weighted by molar-refractivity contribution is -0.152. The van der Waals surface area contributed by atoms with Crippen molar-refractivity contribution in [3.8, 4) is 11.1 Å². The van der Waals surface area contributed by atoms with Gasteiger partial charge in [0.15, 0.2) is 6.04 Å². The summed E-state index contributed by atoms with van der Waals surface area (Å²) in [5.41, 5.74) is 1.02. The van der Waals surface area contributed by atoms with Crippen molar-refractivity contribution in [2.24, 2.45) is 5.92 Å². The minimum atomic E-state index is -4.70. The van der Waals surface area contributed by atoms with Gasteiger partial charge in [-0.05, 0) is 24.1 Å². The summed E-state index contributed by atoms with van der Waals surface area (Å²) in [6.45, 7) is 4.34. The number of benzene rings is 2. The van der Waals surface area contributed by atoms with Gasteiger partial charge < -0.3 is 9.12 Å². The molecular weight excluding hydrogens is 464 g/mol. The molecule has 32 heavy (non-hydrogen) atoms. The summed E-state index contributed by atoms with van der Waals surface area (Å²) < 4.78 is 73.5. The Labute approximate surface area is 192 Å². The Balaban J connectivity index is 1.89. The molecule has 1 heterocycles. The van der Waals surface area contributed by atoms with E-state index in [1.54, 1.807) is 34.9 Å². The number of hydrogen-bond acceptors (Lipinski definition) is 2. The molecule has 4 rings (SSSR count). The number of halogens is 5. The van der Waals surface area contributed by atoms with Crippen molar-refractivity contribution < 1.29 is 22.1 Å². The Morgan fingerprint density at radius 3 is 2.47 bits per heavy atom. The molecule has 1 N–H and O–H groups in total. The van der Waals surface area contributed by atoms with Crippen LogP contribution in [-0.2, 0) is 17.9 Å². The van der Waals surface area contributed by atoms with E-state index in [0.29, 0.717) is 35.5 Å². The fraction of sp³-hybridized carbons (Fsp3) is 0.391. The molecule has 1 unspecified atom stereocenters. The van der Waals surface area contributed by atoms with Crippen LogP contribution in [0, 0.1) is 11.7 Å². The molecule has 0 bridgehead atoms. The standard InChI is InChI=1S/C23H23ClF4N2OS/c1-13(2)11-30-12-18(22(23(26,27)28)29-32(31)14-7-8-14)17-9-20(25)16(10-21(17)30)15-5-3-4-6-19(15)24/h3-6,9-10,12-14,22,29H,7-8,11H2,1-2H3/t22-,32?/m0/s1. The van der Waals surface area contributed by atoms with E-state index < -0.39 is 29.4 Å². The Bertz CT molecular complexity index is 1130. The zero-order valence-corrected chi connectivity index (χ0v) is 19.1. The Morgan fingerprint density at radius 2 is 1.88 bits per heavy atom. The lowest BCUT2D eigenvalue weighted by atomic mass is 10.0. The maximum atomic E-state index is 15.2. The molecule has 0 aliphatic heterocycles. The maximum absolute atomic E-state index is 15.2. The first-order valence-corrected chi connectivity index (χ1v) is 12.0. The minimum Gasteiger partial charge on any atom is -0.598 e. The van der Waals surface area contributed by atoms with Crippen LogP contribution in [-0.4, -0.2) is 20.5 Å². The van der Waals surface area contributed by atoms with Crippen LogP contribution in [0.1, 0.15) is 38.3 Å². The lowest BCUT2D eigenvalue weighted by Crippen LogP contribution is -2.39. The van der Waals surface area contributed by atoms with E-state index in [2.05, 4.69) is 4.72 Å². The molecule has 1 aliphatic rings. The van der Waals surface area contributed by atoms with Crippen LogP contribution in [0.25, 0.3) is 22.0 Å². The molecule has 2 atom stereocenters. The molecule has 172 valence electrons. The van der Waals surface area contributed by atoms with Gasteiger partial charge in [-0.1, -0.05) is 43.6 Å². The zero-order valence-electron chi connectivity index (χ0n) is 17.5. The zero-order chi connectivity index (χ0) is 23.2. The van der Waals surface area contributed by atoms with Crippen molar-refractivity contribution in [3.63, 3.8) is 0 Å². The van der Waals surface area contributed by atoms with E-state index in [1.807, 2.05) is 13.8 Å². The highest BCUT2D eigenvalue weighted by atomic mass is 35.5. The van der Waals surface area contributed by atoms with Gasteiger partial charge in [0.1, 0.15) is 11.1 Å². The topological polar surface area (TPSA) is 40.0 Å². The molecule has 3 nitrogen and oxygen atoms in total. The Hall–Kier alpha value is -1.74. The summed E-state index contributed by atoms with van der Waals surface area (Å²) in [6.07, 6.45) is -2.03. The van der Waals surface area contributed by atoms with Gasteiger partial charge >= 0.3 is 6.18 Å². The van der Waals surface area contributed by atoms with Crippen LogP contribution in [0.3, 0.4) is 0 Å². The van der Waals surface area contributed by atoms with Gasteiger partial charge in [0, 0.05) is 69.6 Å². The smallest absolute Gasteiger partial charge is 0.412 e. The van der Waals surface area contributed by atoms with Crippen molar-refractivity contribution in [2.45, 2.75) is 50.7 Å². The van der Waals surface area contributed by atoms with Gasteiger partial charge in [0.05, 0.1) is 0 Å². The van der Waals surface area contributed by atoms with Gasteiger partial charge in [0.2, 0.25) is 0 Å². The van der Waals surface area contributed by atoms with Crippen molar-refractivity contribution in [1.29, 1.82) is 0 Å². The summed E-state index contributed by atoms with van der Waals surface area (Å²) in [7, 11) is 0. The van der Waals surface area contributed by atoms with Gasteiger partial charge in [-0.2, -0.15) is 13.2 Å². The predicted octanol–water partition coefficient (Wildman–Crippen LogP) is 6.78. The first-order valence-electron chi connectivity index (χ1n) is 10.4. The van der Waals surface area contributed by atoms with E-state index in [4.69, 9.17) is 11.6 Å². The first kappa shape index (κ1) is 23.4. The third-order valence-corrected chi connectivity index (χ3v) is 7.30. The molecule has 1 aromatic heterocycles. The fourth-order valence-electron chi connectivity index (χ4n) is 3.80. The molecule has 1 aliphatic carbocycles. The minimum absolute atomic E-state index is 0.133. The normalized spacial score (nSPS) is 16.7. The van der Waals surface area contributed by atoms with Crippen LogP contribution < -0.4 is 4.72 Å². The summed E-state index contributed by atoms with van der Waals surface area (Å²) in [4.78, 5) is 0. The van der Waals surface area contributed by atoms with Crippen LogP contribution >= 0.6 is 11.6 Å². The lowest BCUT2D eigenvalue weighted by Gasteiger charge is -2.22. The molecule has 0 radical (unpaired) electrons. The molecule has 1 fully saturated rings. The SMILES string of the molecule is CC(C)Cn1cc([C@H](N[S+]([O-])C2CC2)C(F)(F)F)c2cc(F)c(-c3ccccc3Cl)cc21. The van der Waals surface area contributed by atoms with E-state index in [9.17, 15) is 17.7 Å². The maximum Gasteiger partial charge on any atom is 0.412 e. The van der Waals surface area contributed by atoms with Crippen molar-refractivity contribution in [1.82, 2.24) is 9.29 Å². The first-order chi connectivity index (χ1) is 15.1. The molecule has 1 saturated carbocycles. The summed E-state index contributed by atoms with van der Waals surface area (Å²) in [5.74, 6) is -0.524. The van der Waals surface area contributed by atoms with Gasteiger partial charge in [-0.25, -0.2) is 4.39 Å². The van der Waals surface area contributed by atoms with Crippen LogP contribution in [0.15, 0.2) is 42.6 Å². The molecule has 3 aromatic rings. The van der Waals surface area contributed by atoms with E-state index in [-0.39, 0.29) is 27.7 Å². The van der Waals surface area contributed by atoms with E-state index >= 15 is 4.39 Å². The number of nitrogens with one attached hydrogen (secondary N) is 1. The van der Waals surface area contributed by atoms with Gasteiger partial charge in [-0.3, -0.25) is 0 Å². The quantitative estimate of drug-likeness (QED) is 0.295. The predicted molar refractivity (Wildman–Crippen MR) is 120 cm³/mol. The van der Waals surface area contributed by atoms with E-state index in [0.717, 1.165) is 6.07 Å². The average Bonchev–Trinajstić information content (AvgIpc) is 3.50. The number of aromatic nitrogens is 1. The van der Waals surface area contributed by atoms with Gasteiger partial charge in [0.25, 0.3) is 0 Å². The highest BCUT2D eigenvalue weighted by Crippen LogP contribution is 2.42. The monoisotopic (exact) mass is 486 g/mol. The van der Waals surface area contributed by atoms with Crippen molar-refractivity contribution in [2.75, 3.05) is 0 Å². The average molecular weight is 487 g/mol. The number of alkyl halides is 3. The number of hydrogen-bond donors (Lipinski definition) is 1. The van der Waals surface area contributed by atoms with E-state index in [1.165, 1.54) is 6.20 Å². The highest BCUT2D eigenvalue weighted by molar-refractivity contribution is 7.90. The largest absolute Gasteiger partial charge is 0.598 e. The molecule has 0 spiro atoms. The molecule has 2 aromatic carbocycles. The fourth-order valence-corrected chi connectivity index (χ4v) is 5.29. The van der Waals surface area contributed by atoms with Crippen LogP contribution in [0.5, 0.6) is 0 Å². The third kappa shape index (κ3) is 4.78. The second kappa shape index (κ2) is 8.89. The molecule has 9 heteroatoms. The van der Waals surface area contributed by atoms with Crippen LogP contribution in [0.4, 0.5) is 17.6 Å². The molecular formula is C23H23ClF4N2OS. The molecule has 0 amide bonds.